The SMILES string of the molecule is O=C(CN1CCOCC1)Nc1cc(C(=O)Cc2ccc(-c3ccccc3)cc2)ccc1OC1CC1. The monoisotopic (exact) mass is 470 g/mol. The fourth-order valence-corrected chi connectivity index (χ4v) is 4.15. The summed E-state index contributed by atoms with van der Waals surface area (Å²) in [6.07, 6.45) is 2.51. The van der Waals surface area contributed by atoms with Crippen molar-refractivity contribution in [1.29, 1.82) is 0 Å². The number of Topliss-reactive ketones (excluding diaryl/α,β-unsaturated/α-hetero) is 1. The van der Waals surface area contributed by atoms with Gasteiger partial charge in [-0.15, -0.1) is 0 Å². The van der Waals surface area contributed by atoms with E-state index in [4.69, 9.17) is 9.47 Å². The van der Waals surface area contributed by atoms with Crippen LogP contribution in [0, 0.1) is 0 Å². The number of ether oxygens (including phenoxy) is 2. The zero-order valence-corrected chi connectivity index (χ0v) is 19.7. The van der Waals surface area contributed by atoms with E-state index >= 15 is 0 Å². The summed E-state index contributed by atoms with van der Waals surface area (Å²) >= 11 is 0. The predicted molar refractivity (Wildman–Crippen MR) is 136 cm³/mol. The molecule has 1 saturated heterocycles. The minimum atomic E-state index is -0.117. The average Bonchev–Trinajstić information content (AvgIpc) is 3.71. The number of amides is 1. The van der Waals surface area contributed by atoms with Crippen molar-refractivity contribution in [2.45, 2.75) is 25.4 Å². The Labute approximate surface area is 205 Å². The van der Waals surface area contributed by atoms with Crippen LogP contribution in [0.1, 0.15) is 28.8 Å². The highest BCUT2D eigenvalue weighted by atomic mass is 16.5. The average molecular weight is 471 g/mol. The van der Waals surface area contributed by atoms with Gasteiger partial charge < -0.3 is 14.8 Å². The lowest BCUT2D eigenvalue weighted by atomic mass is 9.99. The van der Waals surface area contributed by atoms with Crippen molar-refractivity contribution < 1.29 is 19.1 Å². The van der Waals surface area contributed by atoms with E-state index in [0.29, 0.717) is 36.6 Å². The lowest BCUT2D eigenvalue weighted by Gasteiger charge is -2.26. The second kappa shape index (κ2) is 10.8. The molecule has 3 aromatic rings. The van der Waals surface area contributed by atoms with Gasteiger partial charge in [0.2, 0.25) is 5.91 Å². The van der Waals surface area contributed by atoms with Gasteiger partial charge in [0, 0.05) is 25.1 Å². The fraction of sp³-hybridized carbons (Fsp3) is 0.310. The summed E-state index contributed by atoms with van der Waals surface area (Å²) < 4.78 is 11.4. The van der Waals surface area contributed by atoms with Crippen molar-refractivity contribution in [1.82, 2.24) is 4.90 Å². The first-order valence-corrected chi connectivity index (χ1v) is 12.2. The van der Waals surface area contributed by atoms with E-state index in [1.807, 2.05) is 42.5 Å². The second-order valence-corrected chi connectivity index (χ2v) is 9.13. The Bertz CT molecular complexity index is 1170. The van der Waals surface area contributed by atoms with Crippen LogP contribution in [0.4, 0.5) is 5.69 Å². The molecule has 0 unspecified atom stereocenters. The third-order valence-electron chi connectivity index (χ3n) is 6.29. The van der Waals surface area contributed by atoms with Crippen LogP contribution in [0.5, 0.6) is 5.75 Å². The first-order chi connectivity index (χ1) is 17.1. The van der Waals surface area contributed by atoms with Crippen LogP contribution < -0.4 is 10.1 Å². The minimum absolute atomic E-state index is 0.000823. The van der Waals surface area contributed by atoms with Gasteiger partial charge in [0.15, 0.2) is 5.78 Å². The Hall–Kier alpha value is -3.48. The van der Waals surface area contributed by atoms with E-state index in [1.54, 1.807) is 18.2 Å². The first-order valence-electron chi connectivity index (χ1n) is 12.2. The molecule has 0 bridgehead atoms. The molecule has 1 N–H and O–H groups in total. The van der Waals surface area contributed by atoms with Gasteiger partial charge in [0.05, 0.1) is 31.5 Å². The van der Waals surface area contributed by atoms with Gasteiger partial charge in [-0.2, -0.15) is 0 Å². The summed E-state index contributed by atoms with van der Waals surface area (Å²) in [7, 11) is 0. The molecule has 1 aliphatic carbocycles. The van der Waals surface area contributed by atoms with Crippen molar-refractivity contribution in [3.63, 3.8) is 0 Å². The van der Waals surface area contributed by atoms with Crippen LogP contribution in [0.3, 0.4) is 0 Å². The fourth-order valence-electron chi connectivity index (χ4n) is 4.15. The van der Waals surface area contributed by atoms with Gasteiger partial charge in [-0.25, -0.2) is 0 Å². The Balaban J connectivity index is 1.27. The van der Waals surface area contributed by atoms with Gasteiger partial charge in [-0.3, -0.25) is 14.5 Å². The number of nitrogens with one attached hydrogen (secondary N) is 1. The van der Waals surface area contributed by atoms with Crippen molar-refractivity contribution in [3.8, 4) is 16.9 Å². The number of carbonyl (C=O) groups is 2. The summed E-state index contributed by atoms with van der Waals surface area (Å²) in [5, 5.41) is 2.98. The predicted octanol–water partition coefficient (Wildman–Crippen LogP) is 4.59. The largest absolute Gasteiger partial charge is 0.488 e. The summed E-state index contributed by atoms with van der Waals surface area (Å²) in [5.74, 6) is 0.499. The number of benzene rings is 3. The molecule has 180 valence electrons. The summed E-state index contributed by atoms with van der Waals surface area (Å²) in [4.78, 5) is 27.9. The van der Waals surface area contributed by atoms with Crippen LogP contribution in [-0.4, -0.2) is 55.5 Å². The smallest absolute Gasteiger partial charge is 0.238 e. The first kappa shape index (κ1) is 23.3. The maximum absolute atomic E-state index is 13.1. The maximum Gasteiger partial charge on any atom is 0.238 e. The van der Waals surface area contributed by atoms with Crippen molar-refractivity contribution >= 4 is 17.4 Å². The standard InChI is InChI=1S/C29H30N2O4/c32-27(18-21-6-8-23(9-7-21)22-4-2-1-3-5-22)24-10-13-28(35-25-11-12-25)26(19-24)30-29(33)20-31-14-16-34-17-15-31/h1-10,13,19,25H,11-12,14-18,20H2,(H,30,33). The normalized spacial score (nSPS) is 16.0. The number of anilines is 1. The van der Waals surface area contributed by atoms with Crippen LogP contribution in [0.15, 0.2) is 72.8 Å². The van der Waals surface area contributed by atoms with Crippen molar-refractivity contribution in [2.75, 3.05) is 38.2 Å². The van der Waals surface area contributed by atoms with E-state index in [1.165, 1.54) is 0 Å². The third kappa shape index (κ3) is 6.35. The molecule has 6 heteroatoms. The van der Waals surface area contributed by atoms with Crippen LogP contribution in [-0.2, 0) is 16.0 Å². The topological polar surface area (TPSA) is 67.9 Å². The molecule has 0 atom stereocenters. The molecule has 0 radical (unpaired) electrons. The molecule has 5 rings (SSSR count). The van der Waals surface area contributed by atoms with Gasteiger partial charge in [0.1, 0.15) is 5.75 Å². The number of rotatable bonds is 9. The molecular formula is C29H30N2O4. The van der Waals surface area contributed by atoms with Crippen molar-refractivity contribution in [3.05, 3.63) is 83.9 Å². The summed E-state index contributed by atoms with van der Waals surface area (Å²) in [5.41, 5.74) is 4.33. The highest BCUT2D eigenvalue weighted by molar-refractivity contribution is 6.00. The second-order valence-electron chi connectivity index (χ2n) is 9.13. The number of hydrogen-bond donors (Lipinski definition) is 1. The van der Waals surface area contributed by atoms with E-state index < -0.39 is 0 Å². The lowest BCUT2D eigenvalue weighted by Crippen LogP contribution is -2.41. The molecule has 2 fully saturated rings. The molecule has 0 aromatic heterocycles. The highest BCUT2D eigenvalue weighted by Gasteiger charge is 2.25. The Morgan fingerprint density at radius 3 is 2.34 bits per heavy atom. The number of carbonyl (C=O) groups excluding carboxylic acids is 2. The molecule has 2 aliphatic rings. The number of hydrogen-bond acceptors (Lipinski definition) is 5. The lowest BCUT2D eigenvalue weighted by molar-refractivity contribution is -0.118. The van der Waals surface area contributed by atoms with Gasteiger partial charge in [0.25, 0.3) is 0 Å². The molecule has 1 amide bonds. The third-order valence-corrected chi connectivity index (χ3v) is 6.29. The van der Waals surface area contributed by atoms with E-state index in [9.17, 15) is 9.59 Å². The van der Waals surface area contributed by atoms with Crippen molar-refractivity contribution in [2.24, 2.45) is 0 Å². The molecule has 1 heterocycles. The van der Waals surface area contributed by atoms with Crippen LogP contribution in [0.2, 0.25) is 0 Å². The number of morpholine rings is 1. The zero-order valence-electron chi connectivity index (χ0n) is 19.7. The van der Waals surface area contributed by atoms with E-state index in [0.717, 1.165) is 42.6 Å². The molecule has 0 spiro atoms. The number of ketones is 1. The van der Waals surface area contributed by atoms with Gasteiger partial charge in [-0.1, -0.05) is 54.6 Å². The Morgan fingerprint density at radius 2 is 1.63 bits per heavy atom. The number of nitrogens with zero attached hydrogens (tertiary/aromatic N) is 1. The van der Waals surface area contributed by atoms with Gasteiger partial charge >= 0.3 is 0 Å². The van der Waals surface area contributed by atoms with E-state index in [2.05, 4.69) is 22.3 Å². The van der Waals surface area contributed by atoms with Crippen LogP contribution in [0.25, 0.3) is 11.1 Å². The molecular weight excluding hydrogens is 440 g/mol. The molecule has 35 heavy (non-hydrogen) atoms. The Morgan fingerprint density at radius 1 is 0.914 bits per heavy atom. The molecule has 1 saturated carbocycles. The summed E-state index contributed by atoms with van der Waals surface area (Å²) in [6, 6.07) is 23.6. The van der Waals surface area contributed by atoms with Crippen LogP contribution >= 0.6 is 0 Å². The van der Waals surface area contributed by atoms with E-state index in [-0.39, 0.29) is 24.3 Å². The summed E-state index contributed by atoms with van der Waals surface area (Å²) in [6.45, 7) is 3.04. The quantitative estimate of drug-likeness (QED) is 0.463. The molecule has 1 aliphatic heterocycles. The molecule has 3 aromatic carbocycles. The highest BCUT2D eigenvalue weighted by Crippen LogP contribution is 2.33. The van der Waals surface area contributed by atoms with Gasteiger partial charge in [-0.05, 0) is 47.7 Å². The maximum atomic E-state index is 13.1. The molecule has 6 nitrogen and oxygen atoms in total. The zero-order chi connectivity index (χ0) is 24.0. The Kier molecular flexibility index (Phi) is 7.21. The minimum Gasteiger partial charge on any atom is -0.488 e.